The molecule has 42 heavy (non-hydrogen) atoms. The van der Waals surface area contributed by atoms with Crippen LogP contribution in [-0.4, -0.2) is 78.2 Å². The quantitative estimate of drug-likeness (QED) is 0.282. The van der Waals surface area contributed by atoms with Gasteiger partial charge in [-0.3, -0.25) is 19.7 Å². The fourth-order valence-corrected chi connectivity index (χ4v) is 6.39. The van der Waals surface area contributed by atoms with Gasteiger partial charge in [0, 0.05) is 55.0 Å². The largest absolute Gasteiger partial charge is 0.496 e. The maximum Gasteiger partial charge on any atom is 0.272 e. The molecule has 3 N–H and O–H groups in total. The Morgan fingerprint density at radius 1 is 1.26 bits per heavy atom. The van der Waals surface area contributed by atoms with Crippen LogP contribution in [0.2, 0.25) is 0 Å². The number of nitro groups is 1. The van der Waals surface area contributed by atoms with Gasteiger partial charge in [-0.05, 0) is 36.8 Å². The molecular weight excluding hydrogens is 540 g/mol. The minimum Gasteiger partial charge on any atom is -0.496 e. The van der Waals surface area contributed by atoms with E-state index >= 15 is 0 Å². The van der Waals surface area contributed by atoms with Crippen molar-refractivity contribution in [1.82, 2.24) is 10.4 Å². The van der Waals surface area contributed by atoms with Gasteiger partial charge < -0.3 is 25.2 Å². The summed E-state index contributed by atoms with van der Waals surface area (Å²) in [5, 5.41) is 37.3. The Kier molecular flexibility index (Phi) is 10.1. The van der Waals surface area contributed by atoms with Gasteiger partial charge in [-0.25, -0.2) is 0 Å². The van der Waals surface area contributed by atoms with E-state index in [-0.39, 0.29) is 30.8 Å². The molecule has 4 rings (SSSR count). The summed E-state index contributed by atoms with van der Waals surface area (Å²) in [4.78, 5) is 33.0. The summed E-state index contributed by atoms with van der Waals surface area (Å²) in [5.74, 6) is 0.399. The van der Waals surface area contributed by atoms with Crippen molar-refractivity contribution in [3.63, 3.8) is 0 Å². The molecule has 1 amide bonds. The second-order valence-electron chi connectivity index (χ2n) is 11.9. The minimum atomic E-state index is -0.909. The molecule has 2 aliphatic rings. The number of nitrogens with one attached hydrogen (secondary N) is 1. The molecule has 2 fully saturated rings. The van der Waals surface area contributed by atoms with E-state index in [4.69, 9.17) is 9.57 Å². The van der Waals surface area contributed by atoms with E-state index in [2.05, 4.69) is 19.2 Å². The van der Waals surface area contributed by atoms with Gasteiger partial charge in [0.1, 0.15) is 17.9 Å². The number of carbonyl (C=O) groups excluding carboxylic acids is 1. The van der Waals surface area contributed by atoms with Crippen LogP contribution in [0.15, 0.2) is 36.4 Å². The lowest BCUT2D eigenvalue weighted by molar-refractivity contribution is -0.384. The number of non-ortho nitro benzene ring substituents is 1. The topological polar surface area (TPSA) is 138 Å². The second kappa shape index (κ2) is 13.4. The Morgan fingerprint density at radius 2 is 2.00 bits per heavy atom. The van der Waals surface area contributed by atoms with Crippen LogP contribution in [0.5, 0.6) is 5.75 Å². The number of methoxy groups -OCH3 is 1. The fourth-order valence-electron chi connectivity index (χ4n) is 6.39. The van der Waals surface area contributed by atoms with Crippen LogP contribution < -0.4 is 15.0 Å². The molecule has 230 valence electrons. The van der Waals surface area contributed by atoms with Gasteiger partial charge in [-0.1, -0.05) is 44.9 Å². The number of amides is 1. The highest BCUT2D eigenvalue weighted by Gasteiger charge is 2.50. The van der Waals surface area contributed by atoms with Crippen molar-refractivity contribution in [2.45, 2.75) is 70.9 Å². The van der Waals surface area contributed by atoms with Crippen LogP contribution in [0, 0.1) is 27.9 Å². The van der Waals surface area contributed by atoms with Crippen LogP contribution in [0.25, 0.3) is 11.1 Å². The lowest BCUT2D eigenvalue weighted by Gasteiger charge is -2.36. The molecule has 1 saturated carbocycles. The van der Waals surface area contributed by atoms with Crippen molar-refractivity contribution in [2.24, 2.45) is 17.8 Å². The molecule has 0 spiro atoms. The highest BCUT2D eigenvalue weighted by Crippen LogP contribution is 2.40. The number of ether oxygens (including phenoxy) is 1. The normalized spacial score (nSPS) is 27.0. The number of aliphatic hydroxyl groups is 2. The number of hydrogen-bond donors (Lipinski definition) is 3. The summed E-state index contributed by atoms with van der Waals surface area (Å²) >= 11 is 0. The Balaban J connectivity index is 1.70. The first-order valence-electron chi connectivity index (χ1n) is 14.6. The van der Waals surface area contributed by atoms with Gasteiger partial charge in [0.05, 0.1) is 31.3 Å². The first kappa shape index (κ1) is 31.7. The number of hydroxylamine groups is 2. The predicted octanol–water partition coefficient (Wildman–Crippen LogP) is 3.75. The van der Waals surface area contributed by atoms with Gasteiger partial charge in [-0.15, -0.1) is 0 Å². The highest BCUT2D eigenvalue weighted by atomic mass is 16.7. The third kappa shape index (κ3) is 6.54. The maximum absolute atomic E-state index is 13.9. The van der Waals surface area contributed by atoms with Crippen LogP contribution in [-0.2, 0) is 16.2 Å². The van der Waals surface area contributed by atoms with E-state index < -0.39 is 29.1 Å². The first-order chi connectivity index (χ1) is 20.0. The molecule has 0 aromatic heterocycles. The van der Waals surface area contributed by atoms with E-state index in [9.17, 15) is 25.1 Å². The van der Waals surface area contributed by atoms with E-state index in [0.717, 1.165) is 19.3 Å². The monoisotopic (exact) mass is 584 g/mol. The van der Waals surface area contributed by atoms with E-state index in [1.165, 1.54) is 24.3 Å². The fraction of sp³-hybridized carbons (Fsp3) is 0.581. The molecular formula is C31H44N4O7. The maximum atomic E-state index is 13.9. The standard InChI is InChI=1S/C31H44N4O7/c1-18-9-7-12-26(19(18)2)32-31(38)29-28(20(3)37)27(17-36)42-34(29)16-21-10-8-11-25(30(21)41-6)22-13-23(33(4)5)15-24(14-22)35(39)40/h8,10-11,13-15,18-20,26-29,36-37H,7,9,12,16-17H2,1-6H3,(H,32,38)/t18-,19+,20+,26+,27+,28+,29+/m1/s1. The highest BCUT2D eigenvalue weighted by molar-refractivity contribution is 5.83. The average Bonchev–Trinajstić information content (AvgIpc) is 3.33. The summed E-state index contributed by atoms with van der Waals surface area (Å²) in [6, 6.07) is 9.55. The Labute approximate surface area is 247 Å². The van der Waals surface area contributed by atoms with Crippen LogP contribution in [0.1, 0.15) is 45.6 Å². The van der Waals surface area contributed by atoms with Crippen LogP contribution in [0.3, 0.4) is 0 Å². The SMILES string of the molecule is COc1c(CN2O[C@@H](CO)[C@H]([C@H](C)O)[C@H]2C(=O)N[C@H]2CCC[C@@H](C)[C@@H]2C)cccc1-c1cc(N(C)C)cc([N+](=O)[O-])c1. The van der Waals surface area contributed by atoms with Gasteiger partial charge in [0.25, 0.3) is 5.69 Å². The summed E-state index contributed by atoms with van der Waals surface area (Å²) in [7, 11) is 5.16. The lowest BCUT2D eigenvalue weighted by Crippen LogP contribution is -2.53. The van der Waals surface area contributed by atoms with E-state index in [1.807, 2.05) is 38.4 Å². The Morgan fingerprint density at radius 3 is 2.62 bits per heavy atom. The molecule has 11 nitrogen and oxygen atoms in total. The zero-order valence-corrected chi connectivity index (χ0v) is 25.3. The van der Waals surface area contributed by atoms with Crippen molar-refractivity contribution >= 4 is 17.3 Å². The molecule has 1 aliphatic carbocycles. The molecule has 2 aromatic carbocycles. The number of nitro benzene ring substituents is 1. The molecule has 1 saturated heterocycles. The molecule has 2 aromatic rings. The number of benzene rings is 2. The van der Waals surface area contributed by atoms with Crippen LogP contribution >= 0.6 is 0 Å². The van der Waals surface area contributed by atoms with Gasteiger partial charge in [0.15, 0.2) is 0 Å². The van der Waals surface area contributed by atoms with Crippen LogP contribution in [0.4, 0.5) is 11.4 Å². The average molecular weight is 585 g/mol. The van der Waals surface area contributed by atoms with Crippen molar-refractivity contribution in [3.8, 4) is 16.9 Å². The second-order valence-corrected chi connectivity index (χ2v) is 11.9. The zero-order chi connectivity index (χ0) is 30.7. The molecule has 1 aliphatic heterocycles. The smallest absolute Gasteiger partial charge is 0.272 e. The lowest BCUT2D eigenvalue weighted by atomic mass is 9.77. The molecule has 0 radical (unpaired) electrons. The third-order valence-electron chi connectivity index (χ3n) is 8.98. The third-order valence-corrected chi connectivity index (χ3v) is 8.98. The number of anilines is 1. The molecule has 0 unspecified atom stereocenters. The molecule has 7 atom stereocenters. The minimum absolute atomic E-state index is 0.0172. The summed E-state index contributed by atoms with van der Waals surface area (Å²) < 4.78 is 5.85. The van der Waals surface area contributed by atoms with E-state index in [0.29, 0.717) is 40.0 Å². The zero-order valence-electron chi connectivity index (χ0n) is 25.3. The van der Waals surface area contributed by atoms with Crippen molar-refractivity contribution in [2.75, 3.05) is 32.7 Å². The Hall–Kier alpha value is -3.25. The predicted molar refractivity (Wildman–Crippen MR) is 160 cm³/mol. The molecule has 11 heteroatoms. The van der Waals surface area contributed by atoms with E-state index in [1.54, 1.807) is 11.8 Å². The number of hydrogen-bond acceptors (Lipinski definition) is 9. The van der Waals surface area contributed by atoms with Crippen molar-refractivity contribution in [3.05, 3.63) is 52.1 Å². The van der Waals surface area contributed by atoms with Gasteiger partial charge in [0.2, 0.25) is 5.91 Å². The number of carbonyl (C=O) groups is 1. The Bertz CT molecular complexity index is 1270. The van der Waals surface area contributed by atoms with Gasteiger partial charge in [-0.2, -0.15) is 5.06 Å². The number of nitrogens with zero attached hydrogens (tertiary/aromatic N) is 3. The summed E-state index contributed by atoms with van der Waals surface area (Å²) in [6.07, 6.45) is 1.38. The first-order valence-corrected chi connectivity index (χ1v) is 14.6. The van der Waals surface area contributed by atoms with Crippen molar-refractivity contribution in [1.29, 1.82) is 0 Å². The van der Waals surface area contributed by atoms with Crippen molar-refractivity contribution < 1.29 is 29.5 Å². The number of rotatable bonds is 10. The molecule has 1 heterocycles. The molecule has 0 bridgehead atoms. The number of para-hydroxylation sites is 1. The summed E-state index contributed by atoms with van der Waals surface area (Å²) in [6.45, 7) is 5.74. The number of aliphatic hydroxyl groups excluding tert-OH is 2. The van der Waals surface area contributed by atoms with Gasteiger partial charge >= 0.3 is 0 Å². The summed E-state index contributed by atoms with van der Waals surface area (Å²) in [5.41, 5.74) is 2.58.